The Bertz CT molecular complexity index is 1280. The minimum absolute atomic E-state index is 0.0104. The first-order chi connectivity index (χ1) is 17.0. The van der Waals surface area contributed by atoms with Gasteiger partial charge < -0.3 is 29.4 Å². The van der Waals surface area contributed by atoms with E-state index in [2.05, 4.69) is 4.99 Å². The maximum atomic E-state index is 13.9. The summed E-state index contributed by atoms with van der Waals surface area (Å²) in [6.45, 7) is 1.04. The minimum atomic E-state index is -2.86. The topological polar surface area (TPSA) is 142 Å². The Labute approximate surface area is 204 Å². The molecule has 1 aliphatic heterocycles. The van der Waals surface area contributed by atoms with Crippen LogP contribution in [0.2, 0.25) is 0 Å². The molecule has 1 aromatic heterocycles. The number of aliphatic carboxylic acids is 3. The smallest absolute Gasteiger partial charge is 0.480 e. The quantitative estimate of drug-likeness (QED) is 0.399. The zero-order chi connectivity index (χ0) is 26.6. The molecule has 0 fully saturated rings. The number of halogens is 2. The zero-order valence-corrected chi connectivity index (χ0v) is 19.3. The van der Waals surface area contributed by atoms with Gasteiger partial charge in [-0.15, -0.1) is 0 Å². The highest BCUT2D eigenvalue weighted by Gasteiger charge is 2.27. The Balaban J connectivity index is 2.24. The van der Waals surface area contributed by atoms with E-state index < -0.39 is 45.0 Å². The molecule has 36 heavy (non-hydrogen) atoms. The standard InChI is InChI=1S/C23H22BF2N3O7/c1-13-3-6-16(27-13)23(18-7-4-14(2)29(18)24(25)26)15-5-8-17(19(9-15)36-12-22(34)35)28(10-20(30)31)11-21(32)33/h3-9H,10-12H2,1-2H3,(H,30,31)(H,32,33)(H,34,35)/b23-16-. The highest BCUT2D eigenvalue weighted by Crippen LogP contribution is 2.37. The summed E-state index contributed by atoms with van der Waals surface area (Å²) < 4.78 is 34.1. The van der Waals surface area contributed by atoms with Gasteiger partial charge in [-0.2, -0.15) is 0 Å². The van der Waals surface area contributed by atoms with Crippen molar-refractivity contribution in [1.82, 2.24) is 4.48 Å². The highest BCUT2D eigenvalue weighted by atomic mass is 19.2. The molecule has 0 unspecified atom stereocenters. The van der Waals surface area contributed by atoms with Crippen molar-refractivity contribution in [3.8, 4) is 5.75 Å². The van der Waals surface area contributed by atoms with E-state index in [0.29, 0.717) is 28.2 Å². The fourth-order valence-corrected chi connectivity index (χ4v) is 3.78. The molecule has 0 saturated carbocycles. The Morgan fingerprint density at radius 3 is 2.19 bits per heavy atom. The maximum Gasteiger partial charge on any atom is 0.677 e. The highest BCUT2D eigenvalue weighted by molar-refractivity contribution is 6.41. The predicted molar refractivity (Wildman–Crippen MR) is 128 cm³/mol. The number of carbonyl (C=O) groups is 3. The van der Waals surface area contributed by atoms with Crippen molar-refractivity contribution >= 4 is 42.3 Å². The number of aromatic nitrogens is 1. The summed E-state index contributed by atoms with van der Waals surface area (Å²) in [4.78, 5) is 39.2. The van der Waals surface area contributed by atoms with Crippen molar-refractivity contribution in [3.05, 3.63) is 65.1 Å². The zero-order valence-electron chi connectivity index (χ0n) is 19.3. The lowest BCUT2D eigenvalue weighted by atomic mass is 9.97. The van der Waals surface area contributed by atoms with Crippen molar-refractivity contribution in [3.63, 3.8) is 0 Å². The number of ether oxygens (including phenoxy) is 1. The van der Waals surface area contributed by atoms with E-state index in [-0.39, 0.29) is 17.1 Å². The molecule has 0 bridgehead atoms. The summed E-state index contributed by atoms with van der Waals surface area (Å²) in [5, 5.41) is 27.6. The first-order valence-corrected chi connectivity index (χ1v) is 10.6. The number of nitrogens with zero attached hydrogens (tertiary/aromatic N) is 3. The van der Waals surface area contributed by atoms with Gasteiger partial charge in [0, 0.05) is 22.7 Å². The maximum absolute atomic E-state index is 13.9. The van der Waals surface area contributed by atoms with Gasteiger partial charge in [-0.3, -0.25) is 23.2 Å². The molecule has 3 N–H and O–H groups in total. The Kier molecular flexibility index (Phi) is 7.92. The molecule has 0 atom stereocenters. The van der Waals surface area contributed by atoms with Crippen LogP contribution in [-0.2, 0) is 14.4 Å². The van der Waals surface area contributed by atoms with Gasteiger partial charge in [0.05, 0.1) is 11.4 Å². The van der Waals surface area contributed by atoms with Crippen LogP contribution in [0.5, 0.6) is 5.75 Å². The number of allylic oxidation sites excluding steroid dienone is 2. The van der Waals surface area contributed by atoms with E-state index in [1.807, 2.05) is 0 Å². The number of hydrogen-bond donors (Lipinski definition) is 3. The predicted octanol–water partition coefficient (Wildman–Crippen LogP) is 2.80. The van der Waals surface area contributed by atoms with Crippen LogP contribution < -0.4 is 9.64 Å². The van der Waals surface area contributed by atoms with Gasteiger partial charge in [-0.1, -0.05) is 6.07 Å². The summed E-state index contributed by atoms with van der Waals surface area (Å²) in [5.74, 6) is -4.10. The first-order valence-electron chi connectivity index (χ1n) is 10.6. The number of benzene rings is 1. The van der Waals surface area contributed by atoms with E-state index in [1.54, 1.807) is 19.1 Å². The lowest BCUT2D eigenvalue weighted by molar-refractivity contribution is -0.140. The first kappa shape index (κ1) is 26.2. The summed E-state index contributed by atoms with van der Waals surface area (Å²) >= 11 is 0. The van der Waals surface area contributed by atoms with Gasteiger partial charge in [-0.05, 0) is 55.8 Å². The van der Waals surface area contributed by atoms with Crippen molar-refractivity contribution in [1.29, 1.82) is 0 Å². The molecule has 1 aliphatic rings. The molecule has 188 valence electrons. The number of carboxylic acid groups (broad SMARTS) is 3. The van der Waals surface area contributed by atoms with Gasteiger partial charge >= 0.3 is 25.3 Å². The Morgan fingerprint density at radius 1 is 1.00 bits per heavy atom. The lowest BCUT2D eigenvalue weighted by Gasteiger charge is -2.24. The molecule has 13 heteroatoms. The van der Waals surface area contributed by atoms with Gasteiger partial charge in [0.15, 0.2) is 6.61 Å². The average Bonchev–Trinajstić information content (AvgIpc) is 3.37. The second-order valence-corrected chi connectivity index (χ2v) is 7.86. The number of aryl methyl sites for hydroxylation is 1. The molecule has 2 heterocycles. The lowest BCUT2D eigenvalue weighted by Crippen LogP contribution is -2.34. The number of aliphatic imine (C=N–C) groups is 1. The fourth-order valence-electron chi connectivity index (χ4n) is 3.78. The van der Waals surface area contributed by atoms with E-state index in [1.165, 1.54) is 37.3 Å². The third-order valence-corrected chi connectivity index (χ3v) is 5.20. The van der Waals surface area contributed by atoms with Gasteiger partial charge in [0.25, 0.3) is 0 Å². The van der Waals surface area contributed by atoms with E-state index in [9.17, 15) is 33.2 Å². The SMILES string of the molecule is CC1=N/C(=C(/c2ccc(N(CC(=O)O)CC(=O)O)c(OCC(=O)O)c2)c2ccc(C)n2B(F)F)C=C1. The number of hydrogen-bond acceptors (Lipinski definition) is 6. The molecule has 0 radical (unpaired) electrons. The summed E-state index contributed by atoms with van der Waals surface area (Å²) in [7, 11) is -2.86. The van der Waals surface area contributed by atoms with E-state index in [0.717, 1.165) is 9.38 Å². The molecular formula is C23H22BF2N3O7. The summed E-state index contributed by atoms with van der Waals surface area (Å²) in [5.41, 5.74) is 2.09. The van der Waals surface area contributed by atoms with Crippen LogP contribution in [0.4, 0.5) is 14.3 Å². The van der Waals surface area contributed by atoms with Gasteiger partial charge in [0.2, 0.25) is 0 Å². The largest absolute Gasteiger partial charge is 0.677 e. The van der Waals surface area contributed by atoms with Gasteiger partial charge in [-0.25, -0.2) is 4.79 Å². The minimum Gasteiger partial charge on any atom is -0.480 e. The van der Waals surface area contributed by atoms with Crippen LogP contribution in [-0.4, -0.2) is 70.5 Å². The molecule has 0 aliphatic carbocycles. The van der Waals surface area contributed by atoms with Crippen molar-refractivity contribution in [2.24, 2.45) is 4.99 Å². The van der Waals surface area contributed by atoms with Crippen LogP contribution in [0.3, 0.4) is 0 Å². The van der Waals surface area contributed by atoms with Crippen LogP contribution in [0, 0.1) is 6.92 Å². The molecule has 10 nitrogen and oxygen atoms in total. The second kappa shape index (κ2) is 10.9. The van der Waals surface area contributed by atoms with Crippen LogP contribution in [0.25, 0.3) is 5.57 Å². The molecule has 1 aromatic carbocycles. The normalized spacial score (nSPS) is 13.8. The van der Waals surface area contributed by atoms with Crippen LogP contribution in [0.15, 0.2) is 53.2 Å². The second-order valence-electron chi connectivity index (χ2n) is 7.86. The molecule has 0 saturated heterocycles. The third-order valence-electron chi connectivity index (χ3n) is 5.20. The molecule has 0 amide bonds. The monoisotopic (exact) mass is 501 g/mol. The molecule has 0 spiro atoms. The molecule has 2 aromatic rings. The van der Waals surface area contributed by atoms with Gasteiger partial charge in [0.1, 0.15) is 18.8 Å². The van der Waals surface area contributed by atoms with E-state index >= 15 is 0 Å². The average molecular weight is 501 g/mol. The Morgan fingerprint density at radius 2 is 1.67 bits per heavy atom. The van der Waals surface area contributed by atoms with E-state index in [4.69, 9.17) is 9.84 Å². The number of carboxylic acids is 3. The molecule has 3 rings (SSSR count). The summed E-state index contributed by atoms with van der Waals surface area (Å²) in [6, 6.07) is 7.23. The summed E-state index contributed by atoms with van der Waals surface area (Å²) in [6.07, 6.45) is 3.35. The van der Waals surface area contributed by atoms with Crippen LogP contribution >= 0.6 is 0 Å². The molecular weight excluding hydrogens is 479 g/mol. The van der Waals surface area contributed by atoms with Crippen LogP contribution in [0.1, 0.15) is 23.9 Å². The number of anilines is 1. The Hall–Kier alpha value is -4.42. The van der Waals surface area contributed by atoms with Crippen molar-refractivity contribution < 1.29 is 43.1 Å². The van der Waals surface area contributed by atoms with Crippen molar-refractivity contribution in [2.45, 2.75) is 13.8 Å². The third kappa shape index (κ3) is 5.98. The van der Waals surface area contributed by atoms with Crippen molar-refractivity contribution in [2.75, 3.05) is 24.6 Å². The number of rotatable bonds is 11. The fraction of sp³-hybridized carbons (Fsp3) is 0.217.